The molecule has 0 aliphatic rings. The van der Waals surface area contributed by atoms with E-state index in [9.17, 15) is 9.59 Å². The molecule has 76 valence electrons. The van der Waals surface area contributed by atoms with Gasteiger partial charge in [-0.15, -0.1) is 0 Å². The summed E-state index contributed by atoms with van der Waals surface area (Å²) in [6.45, 7) is 0. The number of aromatic nitrogens is 2. The number of carbonyl (C=O) groups is 1. The summed E-state index contributed by atoms with van der Waals surface area (Å²) in [7, 11) is 1.58. The minimum Gasteiger partial charge on any atom is -0.365 e. The number of fused-ring (bicyclic) bond motifs is 1. The second kappa shape index (κ2) is 3.20. The van der Waals surface area contributed by atoms with Gasteiger partial charge >= 0.3 is 0 Å². The number of aryl methyl sites for hydroxylation is 1. The minimum absolute atomic E-state index is 0.0382. The van der Waals surface area contributed by atoms with Crippen LogP contribution in [0.3, 0.4) is 0 Å². The number of amides is 1. The van der Waals surface area contributed by atoms with Gasteiger partial charge in [0.15, 0.2) is 0 Å². The number of hydrogen-bond donors (Lipinski definition) is 1. The quantitative estimate of drug-likeness (QED) is 0.710. The Morgan fingerprint density at radius 1 is 1.53 bits per heavy atom. The van der Waals surface area contributed by atoms with Gasteiger partial charge in [0.05, 0.1) is 11.0 Å². The fraction of sp³-hybridized carbons (Fsp3) is 0.100. The van der Waals surface area contributed by atoms with Gasteiger partial charge in [-0.1, -0.05) is 0 Å². The highest BCUT2D eigenvalue weighted by molar-refractivity contribution is 5.95. The molecular weight excluding hydrogens is 194 g/mol. The van der Waals surface area contributed by atoms with Crippen LogP contribution in [0.1, 0.15) is 10.4 Å². The van der Waals surface area contributed by atoms with Crippen LogP contribution in [0.2, 0.25) is 0 Å². The number of nitrogens with two attached hydrogens (primary N) is 1. The molecule has 0 aromatic carbocycles. The van der Waals surface area contributed by atoms with Crippen LogP contribution in [0.4, 0.5) is 0 Å². The smallest absolute Gasteiger partial charge is 0.263 e. The standard InChI is InChI=1S/C10H9N3O2/c1-13-8-3-2-4-12-7(8)5-6(9(11)14)10(13)15/h2-5H,1H3,(H2,11,14). The van der Waals surface area contributed by atoms with Crippen LogP contribution in [0.5, 0.6) is 0 Å². The molecule has 15 heavy (non-hydrogen) atoms. The highest BCUT2D eigenvalue weighted by atomic mass is 16.2. The van der Waals surface area contributed by atoms with Gasteiger partial charge in [-0.3, -0.25) is 14.6 Å². The zero-order valence-corrected chi connectivity index (χ0v) is 8.10. The Morgan fingerprint density at radius 3 is 2.93 bits per heavy atom. The summed E-state index contributed by atoms with van der Waals surface area (Å²) in [5.41, 5.74) is 5.91. The normalized spacial score (nSPS) is 10.5. The Balaban J connectivity index is 2.95. The molecule has 0 unspecified atom stereocenters. The first-order valence-corrected chi connectivity index (χ1v) is 4.36. The molecule has 0 spiro atoms. The lowest BCUT2D eigenvalue weighted by Crippen LogP contribution is -2.28. The van der Waals surface area contributed by atoms with Crippen molar-refractivity contribution in [2.45, 2.75) is 0 Å². The molecule has 0 radical (unpaired) electrons. The molecule has 0 saturated carbocycles. The minimum atomic E-state index is -0.733. The largest absolute Gasteiger partial charge is 0.365 e. The van der Waals surface area contributed by atoms with E-state index in [4.69, 9.17) is 5.73 Å². The zero-order chi connectivity index (χ0) is 11.0. The van der Waals surface area contributed by atoms with Crippen LogP contribution in [0.25, 0.3) is 11.0 Å². The highest BCUT2D eigenvalue weighted by Gasteiger charge is 2.10. The second-order valence-electron chi connectivity index (χ2n) is 3.19. The van der Waals surface area contributed by atoms with E-state index < -0.39 is 11.5 Å². The van der Waals surface area contributed by atoms with Crippen LogP contribution in [-0.4, -0.2) is 15.5 Å². The van der Waals surface area contributed by atoms with Crippen molar-refractivity contribution >= 4 is 16.9 Å². The van der Waals surface area contributed by atoms with Gasteiger partial charge in [0.2, 0.25) is 0 Å². The third-order valence-electron chi connectivity index (χ3n) is 2.26. The van der Waals surface area contributed by atoms with Crippen LogP contribution >= 0.6 is 0 Å². The summed E-state index contributed by atoms with van der Waals surface area (Å²) in [4.78, 5) is 26.7. The van der Waals surface area contributed by atoms with E-state index in [0.29, 0.717) is 11.0 Å². The molecule has 2 aromatic heterocycles. The first kappa shape index (κ1) is 9.39. The summed E-state index contributed by atoms with van der Waals surface area (Å²) >= 11 is 0. The molecule has 2 N–H and O–H groups in total. The maximum absolute atomic E-state index is 11.7. The molecule has 0 aliphatic heterocycles. The van der Waals surface area contributed by atoms with Crippen molar-refractivity contribution in [2.75, 3.05) is 0 Å². The van der Waals surface area contributed by atoms with Crippen molar-refractivity contribution < 1.29 is 4.79 Å². The van der Waals surface area contributed by atoms with Crippen molar-refractivity contribution in [3.05, 3.63) is 40.3 Å². The van der Waals surface area contributed by atoms with E-state index in [1.807, 2.05) is 0 Å². The average molecular weight is 203 g/mol. The summed E-state index contributed by atoms with van der Waals surface area (Å²) < 4.78 is 1.36. The van der Waals surface area contributed by atoms with Gasteiger partial charge in [0.1, 0.15) is 5.56 Å². The van der Waals surface area contributed by atoms with Crippen LogP contribution < -0.4 is 11.3 Å². The monoisotopic (exact) mass is 203 g/mol. The number of nitrogens with zero attached hydrogens (tertiary/aromatic N) is 2. The second-order valence-corrected chi connectivity index (χ2v) is 3.19. The number of hydrogen-bond acceptors (Lipinski definition) is 3. The van der Waals surface area contributed by atoms with E-state index in [-0.39, 0.29) is 5.56 Å². The Hall–Kier alpha value is -2.17. The molecular formula is C10H9N3O2. The van der Waals surface area contributed by atoms with Crippen LogP contribution in [-0.2, 0) is 7.05 Å². The molecule has 0 bridgehead atoms. The van der Waals surface area contributed by atoms with Crippen molar-refractivity contribution in [3.8, 4) is 0 Å². The molecule has 1 amide bonds. The molecule has 0 aliphatic carbocycles. The average Bonchev–Trinajstić information content (AvgIpc) is 2.23. The van der Waals surface area contributed by atoms with Gasteiger partial charge in [-0.05, 0) is 18.2 Å². The topological polar surface area (TPSA) is 78.0 Å². The lowest BCUT2D eigenvalue weighted by Gasteiger charge is -2.05. The third-order valence-corrected chi connectivity index (χ3v) is 2.26. The lowest BCUT2D eigenvalue weighted by molar-refractivity contribution is 0.0998. The Kier molecular flexibility index (Phi) is 2.00. The van der Waals surface area contributed by atoms with Gasteiger partial charge in [0.25, 0.3) is 11.5 Å². The summed E-state index contributed by atoms with van der Waals surface area (Å²) in [6.07, 6.45) is 1.59. The predicted octanol–water partition coefficient (Wildman–Crippen LogP) is 0.0324. The Bertz CT molecular complexity index is 601. The van der Waals surface area contributed by atoms with Gasteiger partial charge in [-0.25, -0.2) is 0 Å². The molecule has 2 rings (SSSR count). The number of rotatable bonds is 1. The summed E-state index contributed by atoms with van der Waals surface area (Å²) in [5.74, 6) is -0.733. The van der Waals surface area contributed by atoms with Crippen molar-refractivity contribution in [1.29, 1.82) is 0 Å². The summed E-state index contributed by atoms with van der Waals surface area (Å²) in [5, 5.41) is 0. The molecule has 2 heterocycles. The fourth-order valence-corrected chi connectivity index (χ4v) is 1.47. The fourth-order valence-electron chi connectivity index (χ4n) is 1.47. The van der Waals surface area contributed by atoms with Gasteiger partial charge in [0, 0.05) is 13.2 Å². The molecule has 0 atom stereocenters. The summed E-state index contributed by atoms with van der Waals surface area (Å²) in [6, 6.07) is 4.90. The van der Waals surface area contributed by atoms with Crippen molar-refractivity contribution in [1.82, 2.24) is 9.55 Å². The van der Waals surface area contributed by atoms with Crippen LogP contribution in [0.15, 0.2) is 29.2 Å². The third kappa shape index (κ3) is 1.38. The van der Waals surface area contributed by atoms with Gasteiger partial charge in [-0.2, -0.15) is 0 Å². The predicted molar refractivity (Wildman–Crippen MR) is 55.5 cm³/mol. The zero-order valence-electron chi connectivity index (χ0n) is 8.10. The lowest BCUT2D eigenvalue weighted by atomic mass is 10.2. The number of pyridine rings is 2. The van der Waals surface area contributed by atoms with Crippen molar-refractivity contribution in [3.63, 3.8) is 0 Å². The van der Waals surface area contributed by atoms with E-state index in [0.717, 1.165) is 0 Å². The molecule has 2 aromatic rings. The van der Waals surface area contributed by atoms with Crippen molar-refractivity contribution in [2.24, 2.45) is 12.8 Å². The highest BCUT2D eigenvalue weighted by Crippen LogP contribution is 2.08. The van der Waals surface area contributed by atoms with Crippen LogP contribution in [0, 0.1) is 0 Å². The molecule has 0 saturated heterocycles. The first-order valence-electron chi connectivity index (χ1n) is 4.36. The number of primary amides is 1. The van der Waals surface area contributed by atoms with Gasteiger partial charge < -0.3 is 10.3 Å². The van der Waals surface area contributed by atoms with E-state index >= 15 is 0 Å². The molecule has 0 fully saturated rings. The van der Waals surface area contributed by atoms with E-state index in [1.165, 1.54) is 10.6 Å². The molecule has 5 nitrogen and oxygen atoms in total. The maximum Gasteiger partial charge on any atom is 0.263 e. The maximum atomic E-state index is 11.7. The first-order chi connectivity index (χ1) is 7.11. The Labute approximate surface area is 85.2 Å². The SMILES string of the molecule is Cn1c(=O)c(C(N)=O)cc2ncccc21. The number of carbonyl (C=O) groups excluding carboxylic acids is 1. The molecule has 5 heteroatoms. The van der Waals surface area contributed by atoms with E-state index in [1.54, 1.807) is 25.4 Å². The van der Waals surface area contributed by atoms with E-state index in [2.05, 4.69) is 4.98 Å². The Morgan fingerprint density at radius 2 is 2.27 bits per heavy atom.